The fraction of sp³-hybridized carbons (Fsp3) is 0.182. The number of hydrogen-bond donors (Lipinski definition) is 1. The molecule has 3 aromatic heterocycles. The van der Waals surface area contributed by atoms with Crippen LogP contribution in [0.15, 0.2) is 68.4 Å². The van der Waals surface area contributed by atoms with Crippen molar-refractivity contribution in [2.75, 3.05) is 6.54 Å². The number of non-ortho nitro benzene ring substituents is 1. The van der Waals surface area contributed by atoms with Crippen molar-refractivity contribution in [3.8, 4) is 22.9 Å². The van der Waals surface area contributed by atoms with E-state index in [0.29, 0.717) is 48.0 Å². The summed E-state index contributed by atoms with van der Waals surface area (Å²) in [5.74, 6) is 2.27. The standard InChI is InChI=1S/C22H18N4O5/c27-22-17-13-25(9-8-18(17)23-21(24-22)20-5-2-10-30-20)12-16-6-7-19(31-16)14-3-1-4-15(11-14)26(28)29/h1-7,10-11H,8-9,12-13H2,(H,23,24,27). The first kappa shape index (κ1) is 19.0. The Morgan fingerprint density at radius 3 is 2.87 bits per heavy atom. The number of furan rings is 2. The number of benzene rings is 1. The maximum absolute atomic E-state index is 12.6. The van der Waals surface area contributed by atoms with E-state index < -0.39 is 4.92 Å². The lowest BCUT2D eigenvalue weighted by molar-refractivity contribution is -0.384. The highest BCUT2D eigenvalue weighted by molar-refractivity contribution is 5.61. The SMILES string of the molecule is O=c1[nH]c(-c2ccco2)nc2c1CN(Cc1ccc(-c3cccc([N+](=O)[O-])c3)o1)CC2. The number of H-pyrrole nitrogens is 1. The number of nitro groups is 1. The second-order valence-corrected chi connectivity index (χ2v) is 7.35. The van der Waals surface area contributed by atoms with E-state index in [1.165, 1.54) is 12.1 Å². The third-order valence-corrected chi connectivity index (χ3v) is 5.28. The monoisotopic (exact) mass is 418 g/mol. The molecule has 156 valence electrons. The van der Waals surface area contributed by atoms with Crippen LogP contribution in [0.25, 0.3) is 22.9 Å². The zero-order valence-corrected chi connectivity index (χ0v) is 16.4. The lowest BCUT2D eigenvalue weighted by Gasteiger charge is -2.26. The van der Waals surface area contributed by atoms with Crippen LogP contribution in [0.4, 0.5) is 5.69 Å². The van der Waals surface area contributed by atoms with Crippen molar-refractivity contribution < 1.29 is 13.8 Å². The number of aromatic amines is 1. The first-order valence-electron chi connectivity index (χ1n) is 9.78. The average Bonchev–Trinajstić information content (AvgIpc) is 3.47. The van der Waals surface area contributed by atoms with Gasteiger partial charge in [-0.3, -0.25) is 19.8 Å². The van der Waals surface area contributed by atoms with Gasteiger partial charge in [-0.15, -0.1) is 0 Å². The van der Waals surface area contributed by atoms with E-state index in [0.717, 1.165) is 18.0 Å². The predicted molar refractivity (Wildman–Crippen MR) is 111 cm³/mol. The van der Waals surface area contributed by atoms with Crippen molar-refractivity contribution in [1.29, 1.82) is 0 Å². The number of nitro benzene ring substituents is 1. The summed E-state index contributed by atoms with van der Waals surface area (Å²) >= 11 is 0. The van der Waals surface area contributed by atoms with Crippen LogP contribution in [0.3, 0.4) is 0 Å². The van der Waals surface area contributed by atoms with Crippen LogP contribution >= 0.6 is 0 Å². The van der Waals surface area contributed by atoms with Gasteiger partial charge in [0.2, 0.25) is 0 Å². The number of hydrogen-bond acceptors (Lipinski definition) is 7. The zero-order valence-electron chi connectivity index (χ0n) is 16.4. The highest BCUT2D eigenvalue weighted by atomic mass is 16.6. The molecule has 4 aromatic rings. The molecule has 0 unspecified atom stereocenters. The third-order valence-electron chi connectivity index (χ3n) is 5.28. The van der Waals surface area contributed by atoms with Crippen LogP contribution in [0.1, 0.15) is 17.0 Å². The Hall–Kier alpha value is -3.98. The highest BCUT2D eigenvalue weighted by Crippen LogP contribution is 2.27. The molecule has 1 N–H and O–H groups in total. The number of fused-ring (bicyclic) bond motifs is 1. The van der Waals surface area contributed by atoms with E-state index >= 15 is 0 Å². The summed E-state index contributed by atoms with van der Waals surface area (Å²) in [5.41, 5.74) is 1.92. The van der Waals surface area contributed by atoms with Crippen molar-refractivity contribution in [3.05, 3.63) is 92.3 Å². The fourth-order valence-corrected chi connectivity index (χ4v) is 3.76. The minimum Gasteiger partial charge on any atom is -0.461 e. The molecule has 0 radical (unpaired) electrons. The molecule has 4 heterocycles. The van der Waals surface area contributed by atoms with Gasteiger partial charge in [0.25, 0.3) is 11.2 Å². The molecular weight excluding hydrogens is 400 g/mol. The molecule has 1 aromatic carbocycles. The molecule has 9 nitrogen and oxygen atoms in total. The van der Waals surface area contributed by atoms with Gasteiger partial charge < -0.3 is 13.8 Å². The van der Waals surface area contributed by atoms with Gasteiger partial charge in [-0.1, -0.05) is 12.1 Å². The van der Waals surface area contributed by atoms with E-state index in [2.05, 4.69) is 14.9 Å². The Labute approximate surface area is 176 Å². The molecule has 5 rings (SSSR count). The van der Waals surface area contributed by atoms with E-state index in [4.69, 9.17) is 8.83 Å². The van der Waals surface area contributed by atoms with Crippen LogP contribution in [-0.4, -0.2) is 26.3 Å². The maximum atomic E-state index is 12.6. The number of nitrogens with zero attached hydrogens (tertiary/aromatic N) is 3. The van der Waals surface area contributed by atoms with E-state index in [9.17, 15) is 14.9 Å². The van der Waals surface area contributed by atoms with E-state index in [1.54, 1.807) is 36.6 Å². The fourth-order valence-electron chi connectivity index (χ4n) is 3.76. The van der Waals surface area contributed by atoms with Crippen molar-refractivity contribution in [1.82, 2.24) is 14.9 Å². The van der Waals surface area contributed by atoms with Crippen LogP contribution in [0.2, 0.25) is 0 Å². The van der Waals surface area contributed by atoms with Gasteiger partial charge in [-0.2, -0.15) is 0 Å². The largest absolute Gasteiger partial charge is 0.461 e. The van der Waals surface area contributed by atoms with Gasteiger partial charge in [0.15, 0.2) is 11.6 Å². The first-order chi connectivity index (χ1) is 15.1. The van der Waals surface area contributed by atoms with Crippen LogP contribution < -0.4 is 5.56 Å². The van der Waals surface area contributed by atoms with Gasteiger partial charge in [0, 0.05) is 37.2 Å². The van der Waals surface area contributed by atoms with Gasteiger partial charge in [-0.25, -0.2) is 4.98 Å². The van der Waals surface area contributed by atoms with Gasteiger partial charge >= 0.3 is 0 Å². The predicted octanol–water partition coefficient (Wildman–Crippen LogP) is 3.76. The van der Waals surface area contributed by atoms with Crippen LogP contribution in [0, 0.1) is 10.1 Å². The van der Waals surface area contributed by atoms with Crippen LogP contribution in [0.5, 0.6) is 0 Å². The van der Waals surface area contributed by atoms with Gasteiger partial charge in [0.1, 0.15) is 11.5 Å². The number of aromatic nitrogens is 2. The molecule has 31 heavy (non-hydrogen) atoms. The molecule has 0 saturated carbocycles. The lowest BCUT2D eigenvalue weighted by Crippen LogP contribution is -2.35. The molecule has 1 aliphatic heterocycles. The molecule has 0 amide bonds. The highest BCUT2D eigenvalue weighted by Gasteiger charge is 2.23. The maximum Gasteiger partial charge on any atom is 0.270 e. The summed E-state index contributed by atoms with van der Waals surface area (Å²) in [5, 5.41) is 11.0. The first-order valence-corrected chi connectivity index (χ1v) is 9.78. The molecule has 0 aliphatic carbocycles. The molecule has 0 fully saturated rings. The van der Waals surface area contributed by atoms with Crippen molar-refractivity contribution >= 4 is 5.69 Å². The summed E-state index contributed by atoms with van der Waals surface area (Å²) < 4.78 is 11.2. The average molecular weight is 418 g/mol. The number of nitrogens with one attached hydrogen (secondary N) is 1. The third kappa shape index (κ3) is 3.78. The molecule has 0 atom stereocenters. The Balaban J connectivity index is 1.33. The van der Waals surface area contributed by atoms with E-state index in [1.807, 2.05) is 6.07 Å². The minimum absolute atomic E-state index is 0.0173. The van der Waals surface area contributed by atoms with Gasteiger partial charge in [-0.05, 0) is 24.3 Å². The minimum atomic E-state index is -0.429. The quantitative estimate of drug-likeness (QED) is 0.387. The smallest absolute Gasteiger partial charge is 0.270 e. The van der Waals surface area contributed by atoms with Gasteiger partial charge in [0.05, 0.1) is 29.0 Å². The molecular formula is C22H18N4O5. The zero-order chi connectivity index (χ0) is 21.4. The van der Waals surface area contributed by atoms with Crippen molar-refractivity contribution in [3.63, 3.8) is 0 Å². The summed E-state index contributed by atoms with van der Waals surface area (Å²) in [6.07, 6.45) is 2.19. The Kier molecular flexibility index (Phi) is 4.72. The molecule has 9 heteroatoms. The Morgan fingerprint density at radius 2 is 2.06 bits per heavy atom. The Morgan fingerprint density at radius 1 is 1.16 bits per heavy atom. The molecule has 0 spiro atoms. The second kappa shape index (κ2) is 7.69. The summed E-state index contributed by atoms with van der Waals surface area (Å²) in [4.78, 5) is 32.7. The van der Waals surface area contributed by atoms with Crippen molar-refractivity contribution in [2.24, 2.45) is 0 Å². The molecule has 0 bridgehead atoms. The van der Waals surface area contributed by atoms with Crippen molar-refractivity contribution in [2.45, 2.75) is 19.5 Å². The molecule has 0 saturated heterocycles. The number of rotatable bonds is 5. The summed E-state index contributed by atoms with van der Waals surface area (Å²) in [7, 11) is 0. The van der Waals surface area contributed by atoms with E-state index in [-0.39, 0.29) is 11.2 Å². The topological polar surface area (TPSA) is 118 Å². The second-order valence-electron chi connectivity index (χ2n) is 7.35. The summed E-state index contributed by atoms with van der Waals surface area (Å²) in [6, 6.07) is 13.5. The van der Waals surface area contributed by atoms with Crippen LogP contribution in [-0.2, 0) is 19.5 Å². The Bertz CT molecular complexity index is 1310. The molecule has 1 aliphatic rings. The lowest BCUT2D eigenvalue weighted by atomic mass is 10.1. The summed E-state index contributed by atoms with van der Waals surface area (Å²) in [6.45, 7) is 1.71. The normalized spacial score (nSPS) is 13.8.